The molecule has 3 aromatic carbocycles. The summed E-state index contributed by atoms with van der Waals surface area (Å²) in [7, 11) is 0.898. The molecule has 3 heterocycles. The minimum Gasteiger partial charge on any atom is -0.383 e. The maximum Gasteiger partial charge on any atom is 0.333 e. The summed E-state index contributed by atoms with van der Waals surface area (Å²) in [5.74, 6) is -0.428. The lowest BCUT2D eigenvalue weighted by atomic mass is 10.0. The normalized spacial score (nSPS) is 11.5. The minimum absolute atomic E-state index is 0.0666. The van der Waals surface area contributed by atoms with Crippen LogP contribution >= 0.6 is 0 Å². The van der Waals surface area contributed by atoms with Crippen molar-refractivity contribution >= 4 is 37.7 Å². The number of anilines is 1. The third kappa shape index (κ3) is 7.44. The Morgan fingerprint density at radius 3 is 2.23 bits per heavy atom. The highest BCUT2D eigenvalue weighted by Gasteiger charge is 2.19. The summed E-state index contributed by atoms with van der Waals surface area (Å²) >= 11 is 0. The van der Waals surface area contributed by atoms with Gasteiger partial charge in [0, 0.05) is 63.8 Å². The van der Waals surface area contributed by atoms with E-state index in [1.165, 1.54) is 22.8 Å². The Balaban J connectivity index is 0.000000349. The van der Waals surface area contributed by atoms with Gasteiger partial charge in [0.25, 0.3) is 10.1 Å². The summed E-state index contributed by atoms with van der Waals surface area (Å²) in [6.45, 7) is 3.77. The van der Waals surface area contributed by atoms with E-state index in [0.717, 1.165) is 27.6 Å². The number of fused-ring (bicyclic) bond motifs is 3. The molecule has 11 nitrogen and oxygen atoms in total. The number of aromatic nitrogens is 4. The third-order valence-electron chi connectivity index (χ3n) is 7.86. The molecule has 0 aliphatic rings. The van der Waals surface area contributed by atoms with Crippen LogP contribution in [0.2, 0.25) is 0 Å². The van der Waals surface area contributed by atoms with E-state index in [-0.39, 0.29) is 10.6 Å². The number of hydrogen-bond donors (Lipinski definition) is 1. The van der Waals surface area contributed by atoms with Crippen LogP contribution in [0.3, 0.4) is 0 Å². The zero-order chi connectivity index (χ0) is 34.4. The van der Waals surface area contributed by atoms with Crippen molar-refractivity contribution < 1.29 is 26.8 Å². The molecule has 0 aliphatic heterocycles. The monoisotopic (exact) mass is 673 g/mol. The number of rotatable bonds is 10. The Bertz CT molecular complexity index is 2200. The first-order valence-corrected chi connectivity index (χ1v) is 16.4. The molecule has 0 atom stereocenters. The molecular weight excluding hydrogens is 637 g/mol. The predicted molar refractivity (Wildman–Crippen MR) is 184 cm³/mol. The topological polar surface area (TPSA) is 129 Å². The molecule has 0 amide bonds. The van der Waals surface area contributed by atoms with Gasteiger partial charge in [-0.1, -0.05) is 29.8 Å². The average Bonchev–Trinajstić information content (AvgIpc) is 3.34. The standard InChI is InChI=1S/C28H28FN5O3.C7H8O3S/c1-32-26-18-31-24-8-6-19(20-5-4-10-30-17-20)15-22(24)27(26)34(28(32)35)21-7-9-25(23(29)16-21)33(11-13-36-2)12-14-37-3;1-6-2-4-7(5-3-6)11(8,9)10/h4-10,15-18H,11-14H2,1-3H3;2-5H,1H3,(H,8,9,10). The molecule has 48 heavy (non-hydrogen) atoms. The first kappa shape index (κ1) is 34.4. The summed E-state index contributed by atoms with van der Waals surface area (Å²) in [6.07, 6.45) is 5.20. The summed E-state index contributed by atoms with van der Waals surface area (Å²) in [4.78, 5) is 24.0. The lowest BCUT2D eigenvalue weighted by Gasteiger charge is -2.25. The molecule has 3 aromatic heterocycles. The van der Waals surface area contributed by atoms with Gasteiger partial charge in [0.1, 0.15) is 5.82 Å². The molecule has 0 saturated carbocycles. The van der Waals surface area contributed by atoms with E-state index in [2.05, 4.69) is 9.97 Å². The molecule has 1 N–H and O–H groups in total. The number of hydrogen-bond acceptors (Lipinski definition) is 8. The lowest BCUT2D eigenvalue weighted by Crippen LogP contribution is -2.31. The van der Waals surface area contributed by atoms with Crippen molar-refractivity contribution in [1.29, 1.82) is 0 Å². The van der Waals surface area contributed by atoms with Gasteiger partial charge in [0.15, 0.2) is 0 Å². The average molecular weight is 674 g/mol. The van der Waals surface area contributed by atoms with Crippen molar-refractivity contribution in [2.24, 2.45) is 7.05 Å². The summed E-state index contributed by atoms with van der Waals surface area (Å²) < 4.78 is 58.5. The number of halogens is 1. The van der Waals surface area contributed by atoms with Crippen molar-refractivity contribution in [2.75, 3.05) is 45.4 Å². The second-order valence-electron chi connectivity index (χ2n) is 11.0. The fourth-order valence-corrected chi connectivity index (χ4v) is 5.79. The van der Waals surface area contributed by atoms with Gasteiger partial charge < -0.3 is 14.4 Å². The van der Waals surface area contributed by atoms with Crippen LogP contribution in [-0.4, -0.2) is 72.6 Å². The lowest BCUT2D eigenvalue weighted by molar-refractivity contribution is 0.190. The van der Waals surface area contributed by atoms with Crippen molar-refractivity contribution in [1.82, 2.24) is 19.1 Å². The highest BCUT2D eigenvalue weighted by Crippen LogP contribution is 2.30. The number of pyridine rings is 2. The number of benzene rings is 3. The molecule has 0 bridgehead atoms. The molecule has 0 radical (unpaired) electrons. The molecule has 0 unspecified atom stereocenters. The molecule has 13 heteroatoms. The Kier molecular flexibility index (Phi) is 10.6. The maximum atomic E-state index is 15.5. The second kappa shape index (κ2) is 14.9. The Labute approximate surface area is 277 Å². The van der Waals surface area contributed by atoms with Gasteiger partial charge in [-0.3, -0.25) is 23.7 Å². The zero-order valence-corrected chi connectivity index (χ0v) is 27.8. The summed E-state index contributed by atoms with van der Waals surface area (Å²) in [5, 5.41) is 0.794. The Morgan fingerprint density at radius 1 is 0.917 bits per heavy atom. The quantitative estimate of drug-likeness (QED) is 0.190. The van der Waals surface area contributed by atoms with Gasteiger partial charge in [0.05, 0.1) is 52.2 Å². The van der Waals surface area contributed by atoms with E-state index in [1.807, 2.05) is 42.2 Å². The smallest absolute Gasteiger partial charge is 0.333 e. The molecular formula is C35H36FN5O6S. The van der Waals surface area contributed by atoms with Crippen molar-refractivity contribution in [3.05, 3.63) is 113 Å². The predicted octanol–water partition coefficient (Wildman–Crippen LogP) is 5.42. The number of methoxy groups -OCH3 is 2. The van der Waals surface area contributed by atoms with Gasteiger partial charge in [-0.2, -0.15) is 8.42 Å². The van der Waals surface area contributed by atoms with E-state index < -0.39 is 15.9 Å². The van der Waals surface area contributed by atoms with Gasteiger partial charge in [-0.15, -0.1) is 0 Å². The highest BCUT2D eigenvalue weighted by molar-refractivity contribution is 7.85. The summed E-state index contributed by atoms with van der Waals surface area (Å²) in [6, 6.07) is 20.6. The van der Waals surface area contributed by atoms with Crippen LogP contribution in [0.15, 0.2) is 101 Å². The molecule has 0 saturated heterocycles. The van der Waals surface area contributed by atoms with Gasteiger partial charge in [-0.25, -0.2) is 9.18 Å². The summed E-state index contributed by atoms with van der Waals surface area (Å²) in [5.41, 5.74) is 5.52. The Hall–Kier alpha value is -4.95. The van der Waals surface area contributed by atoms with E-state index in [4.69, 9.17) is 14.0 Å². The van der Waals surface area contributed by atoms with Crippen LogP contribution in [-0.2, 0) is 26.6 Å². The number of nitrogens with zero attached hydrogens (tertiary/aromatic N) is 5. The SMILES string of the molecule is COCCN(CCOC)c1ccc(-n2c(=O)n(C)c3cnc4ccc(-c5cccnc5)cc4c32)cc1F.Cc1ccc(S(=O)(=O)O)cc1. The fraction of sp³-hybridized carbons (Fsp3) is 0.229. The van der Waals surface area contributed by atoms with Crippen LogP contribution in [0.25, 0.3) is 38.8 Å². The van der Waals surface area contributed by atoms with Crippen molar-refractivity contribution in [3.8, 4) is 16.8 Å². The molecule has 6 rings (SSSR count). The number of ether oxygens (including phenoxy) is 2. The highest BCUT2D eigenvalue weighted by atomic mass is 32.2. The van der Waals surface area contributed by atoms with Crippen molar-refractivity contribution in [2.45, 2.75) is 11.8 Å². The maximum absolute atomic E-state index is 15.5. The molecule has 0 aliphatic carbocycles. The van der Waals surface area contributed by atoms with E-state index in [1.54, 1.807) is 68.7 Å². The van der Waals surface area contributed by atoms with Crippen LogP contribution in [0.4, 0.5) is 10.1 Å². The van der Waals surface area contributed by atoms with Crippen LogP contribution in [0.1, 0.15) is 5.56 Å². The van der Waals surface area contributed by atoms with Gasteiger partial charge >= 0.3 is 5.69 Å². The second-order valence-corrected chi connectivity index (χ2v) is 12.5. The molecule has 0 fully saturated rings. The third-order valence-corrected chi connectivity index (χ3v) is 8.73. The molecule has 250 valence electrons. The van der Waals surface area contributed by atoms with Gasteiger partial charge in [-0.05, 0) is 55.0 Å². The molecule has 0 spiro atoms. The first-order valence-electron chi connectivity index (χ1n) is 15.0. The fourth-order valence-electron chi connectivity index (χ4n) is 5.31. The van der Waals surface area contributed by atoms with E-state index >= 15 is 4.39 Å². The minimum atomic E-state index is -4.02. The van der Waals surface area contributed by atoms with E-state index in [0.29, 0.717) is 48.7 Å². The first-order chi connectivity index (χ1) is 23.0. The van der Waals surface area contributed by atoms with Crippen LogP contribution in [0, 0.1) is 12.7 Å². The van der Waals surface area contributed by atoms with Crippen molar-refractivity contribution in [3.63, 3.8) is 0 Å². The largest absolute Gasteiger partial charge is 0.383 e. The number of imidazole rings is 1. The van der Waals surface area contributed by atoms with E-state index in [9.17, 15) is 13.2 Å². The Morgan fingerprint density at radius 2 is 1.62 bits per heavy atom. The van der Waals surface area contributed by atoms with Crippen LogP contribution in [0.5, 0.6) is 0 Å². The zero-order valence-electron chi connectivity index (χ0n) is 27.0. The molecule has 6 aromatic rings. The number of aryl methyl sites for hydroxylation is 2. The van der Waals surface area contributed by atoms with Gasteiger partial charge in [0.2, 0.25) is 0 Å². The van der Waals surface area contributed by atoms with Crippen LogP contribution < -0.4 is 10.6 Å².